The number of carbonyl (C=O) groups excluding carboxylic acids is 2. The molecule has 1 aliphatic rings. The third-order valence-corrected chi connectivity index (χ3v) is 6.73. The lowest BCUT2D eigenvalue weighted by molar-refractivity contribution is -0.143. The minimum Gasteiger partial charge on any atom is -0.331 e. The summed E-state index contributed by atoms with van der Waals surface area (Å²) in [6.45, 7) is 8.85. The van der Waals surface area contributed by atoms with E-state index < -0.39 is 0 Å². The molecule has 0 fully saturated rings. The van der Waals surface area contributed by atoms with E-state index in [0.29, 0.717) is 13.0 Å². The summed E-state index contributed by atoms with van der Waals surface area (Å²) in [5, 5.41) is 2.12. The summed E-state index contributed by atoms with van der Waals surface area (Å²) in [5.74, 6) is 0.0762. The molecule has 1 aromatic heterocycles. The Morgan fingerprint density at radius 1 is 1.21 bits per heavy atom. The second-order valence-corrected chi connectivity index (χ2v) is 8.58. The van der Waals surface area contributed by atoms with Crippen molar-refractivity contribution in [3.05, 3.63) is 57.3 Å². The first-order chi connectivity index (χ1) is 13.5. The van der Waals surface area contributed by atoms with Crippen LogP contribution in [0.3, 0.4) is 0 Å². The van der Waals surface area contributed by atoms with E-state index >= 15 is 0 Å². The molecule has 0 saturated carbocycles. The van der Waals surface area contributed by atoms with Gasteiger partial charge in [0.05, 0.1) is 6.04 Å². The number of benzene rings is 1. The van der Waals surface area contributed by atoms with Gasteiger partial charge in [-0.3, -0.25) is 9.59 Å². The third kappa shape index (κ3) is 4.14. The molecule has 5 heteroatoms. The van der Waals surface area contributed by atoms with Gasteiger partial charge in [-0.15, -0.1) is 11.3 Å². The van der Waals surface area contributed by atoms with Gasteiger partial charge in [0.2, 0.25) is 11.8 Å². The highest BCUT2D eigenvalue weighted by molar-refractivity contribution is 7.10. The van der Waals surface area contributed by atoms with Crippen LogP contribution < -0.4 is 0 Å². The minimum atomic E-state index is -0.0707. The summed E-state index contributed by atoms with van der Waals surface area (Å²) < 4.78 is 0. The van der Waals surface area contributed by atoms with E-state index in [2.05, 4.69) is 49.6 Å². The van der Waals surface area contributed by atoms with Crippen molar-refractivity contribution in [1.29, 1.82) is 0 Å². The summed E-state index contributed by atoms with van der Waals surface area (Å²) in [4.78, 5) is 30.9. The SMILES string of the molecule is CCC(=O)N(CC(=O)N1CCc2sccc2[C@H]1c1ccc(C)cc1)[C@@H](C)CC. The number of aryl methyl sites for hydroxylation is 1. The van der Waals surface area contributed by atoms with Gasteiger partial charge in [-0.2, -0.15) is 0 Å². The average Bonchev–Trinajstić information content (AvgIpc) is 3.19. The molecule has 0 unspecified atom stereocenters. The second-order valence-electron chi connectivity index (χ2n) is 7.58. The first-order valence-electron chi connectivity index (χ1n) is 10.2. The molecule has 3 rings (SSSR count). The van der Waals surface area contributed by atoms with E-state index in [1.807, 2.05) is 18.7 Å². The summed E-state index contributed by atoms with van der Waals surface area (Å²) in [6, 6.07) is 10.6. The lowest BCUT2D eigenvalue weighted by atomic mass is 9.92. The maximum atomic E-state index is 13.4. The van der Waals surface area contributed by atoms with Crippen LogP contribution in [0.4, 0.5) is 0 Å². The first kappa shape index (κ1) is 20.6. The van der Waals surface area contributed by atoms with Crippen molar-refractivity contribution in [3.8, 4) is 0 Å². The maximum Gasteiger partial charge on any atom is 0.243 e. The number of rotatable bonds is 6. The van der Waals surface area contributed by atoms with E-state index in [1.165, 1.54) is 16.0 Å². The number of amides is 2. The van der Waals surface area contributed by atoms with Crippen molar-refractivity contribution in [2.24, 2.45) is 0 Å². The largest absolute Gasteiger partial charge is 0.331 e. The normalized spacial score (nSPS) is 17.1. The highest BCUT2D eigenvalue weighted by Crippen LogP contribution is 2.38. The fourth-order valence-corrected chi connectivity index (χ4v) is 4.75. The Bertz CT molecular complexity index is 827. The summed E-state index contributed by atoms with van der Waals surface area (Å²) in [6.07, 6.45) is 2.15. The molecule has 2 amide bonds. The van der Waals surface area contributed by atoms with Crippen molar-refractivity contribution in [2.45, 2.75) is 59.0 Å². The molecule has 2 aromatic rings. The Hall–Kier alpha value is -2.14. The van der Waals surface area contributed by atoms with E-state index in [-0.39, 0.29) is 30.4 Å². The van der Waals surface area contributed by atoms with Gasteiger partial charge in [-0.1, -0.05) is 43.7 Å². The number of thiophene rings is 1. The van der Waals surface area contributed by atoms with Gasteiger partial charge >= 0.3 is 0 Å². The van der Waals surface area contributed by atoms with Gasteiger partial charge in [0.1, 0.15) is 6.54 Å². The van der Waals surface area contributed by atoms with E-state index in [9.17, 15) is 9.59 Å². The standard InChI is InChI=1S/C23H30N2O2S/c1-5-17(4)25(21(26)6-2)15-22(27)24-13-11-20-19(12-14-28-20)23(24)18-9-7-16(3)8-10-18/h7-10,12,14,17,23H,5-6,11,13,15H2,1-4H3/t17-,23+/m0/s1. The molecule has 0 spiro atoms. The van der Waals surface area contributed by atoms with Gasteiger partial charge < -0.3 is 9.80 Å². The van der Waals surface area contributed by atoms with Crippen molar-refractivity contribution in [3.63, 3.8) is 0 Å². The first-order valence-corrected chi connectivity index (χ1v) is 11.1. The molecule has 1 aliphatic heterocycles. The minimum absolute atomic E-state index is 0.0320. The molecule has 150 valence electrons. The number of hydrogen-bond donors (Lipinski definition) is 0. The number of nitrogens with zero attached hydrogens (tertiary/aromatic N) is 2. The van der Waals surface area contributed by atoms with Gasteiger partial charge in [-0.05, 0) is 49.3 Å². The Labute approximate surface area is 172 Å². The molecule has 2 atom stereocenters. The molecular formula is C23H30N2O2S. The van der Waals surface area contributed by atoms with Crippen LogP contribution in [0.25, 0.3) is 0 Å². The van der Waals surface area contributed by atoms with E-state index in [0.717, 1.165) is 18.4 Å². The summed E-state index contributed by atoms with van der Waals surface area (Å²) in [7, 11) is 0. The van der Waals surface area contributed by atoms with Crippen LogP contribution in [-0.4, -0.2) is 40.7 Å². The van der Waals surface area contributed by atoms with Crippen LogP contribution >= 0.6 is 11.3 Å². The van der Waals surface area contributed by atoms with Crippen molar-refractivity contribution < 1.29 is 9.59 Å². The zero-order chi connectivity index (χ0) is 20.3. The molecule has 1 aromatic carbocycles. The van der Waals surface area contributed by atoms with Gasteiger partial charge in [0.15, 0.2) is 0 Å². The molecule has 0 radical (unpaired) electrons. The summed E-state index contributed by atoms with van der Waals surface area (Å²) in [5.41, 5.74) is 3.57. The van der Waals surface area contributed by atoms with Crippen molar-refractivity contribution in [1.82, 2.24) is 9.80 Å². The highest BCUT2D eigenvalue weighted by atomic mass is 32.1. The van der Waals surface area contributed by atoms with Crippen LogP contribution in [0.1, 0.15) is 61.2 Å². The van der Waals surface area contributed by atoms with E-state index in [1.54, 1.807) is 16.2 Å². The number of hydrogen-bond acceptors (Lipinski definition) is 3. The second kappa shape index (κ2) is 8.91. The van der Waals surface area contributed by atoms with Gasteiger partial charge in [0, 0.05) is 23.9 Å². The predicted molar refractivity (Wildman–Crippen MR) is 115 cm³/mol. The highest BCUT2D eigenvalue weighted by Gasteiger charge is 2.34. The van der Waals surface area contributed by atoms with Crippen LogP contribution in [0, 0.1) is 6.92 Å². The molecule has 0 bridgehead atoms. The fourth-order valence-electron chi connectivity index (χ4n) is 3.84. The van der Waals surface area contributed by atoms with Crippen molar-refractivity contribution in [2.75, 3.05) is 13.1 Å². The molecule has 0 aliphatic carbocycles. The van der Waals surface area contributed by atoms with Crippen LogP contribution in [-0.2, 0) is 16.0 Å². The van der Waals surface area contributed by atoms with E-state index in [4.69, 9.17) is 0 Å². The molecule has 2 heterocycles. The quantitative estimate of drug-likeness (QED) is 0.715. The van der Waals surface area contributed by atoms with Crippen LogP contribution in [0.5, 0.6) is 0 Å². The molecular weight excluding hydrogens is 368 g/mol. The molecule has 0 N–H and O–H groups in total. The molecule has 28 heavy (non-hydrogen) atoms. The lowest BCUT2D eigenvalue weighted by Crippen LogP contribution is -2.49. The Morgan fingerprint density at radius 3 is 2.57 bits per heavy atom. The van der Waals surface area contributed by atoms with Crippen LogP contribution in [0.2, 0.25) is 0 Å². The Kier molecular flexibility index (Phi) is 6.55. The fraction of sp³-hybridized carbons (Fsp3) is 0.478. The van der Waals surface area contributed by atoms with Gasteiger partial charge in [0.25, 0.3) is 0 Å². The third-order valence-electron chi connectivity index (χ3n) is 5.73. The van der Waals surface area contributed by atoms with Crippen molar-refractivity contribution >= 4 is 23.2 Å². The maximum absolute atomic E-state index is 13.4. The lowest BCUT2D eigenvalue weighted by Gasteiger charge is -2.38. The molecule has 4 nitrogen and oxygen atoms in total. The number of carbonyl (C=O) groups is 2. The zero-order valence-corrected chi connectivity index (χ0v) is 18.1. The molecule has 0 saturated heterocycles. The van der Waals surface area contributed by atoms with Crippen LogP contribution in [0.15, 0.2) is 35.7 Å². The topological polar surface area (TPSA) is 40.6 Å². The monoisotopic (exact) mass is 398 g/mol. The smallest absolute Gasteiger partial charge is 0.243 e. The predicted octanol–water partition coefficient (Wildman–Crippen LogP) is 4.57. The summed E-state index contributed by atoms with van der Waals surface area (Å²) >= 11 is 1.77. The Balaban J connectivity index is 1.91. The Morgan fingerprint density at radius 2 is 1.93 bits per heavy atom. The average molecular weight is 399 g/mol. The number of fused-ring (bicyclic) bond motifs is 1. The van der Waals surface area contributed by atoms with Gasteiger partial charge in [-0.25, -0.2) is 0 Å². The zero-order valence-electron chi connectivity index (χ0n) is 17.3.